The Bertz CT molecular complexity index is 140. The van der Waals surface area contributed by atoms with Crippen molar-refractivity contribution in [2.75, 3.05) is 6.61 Å². The van der Waals surface area contributed by atoms with Gasteiger partial charge in [-0.25, -0.2) is 4.79 Å². The van der Waals surface area contributed by atoms with Gasteiger partial charge in [0.2, 0.25) is 0 Å². The second-order valence-electron chi connectivity index (χ2n) is 1.27. The van der Waals surface area contributed by atoms with Gasteiger partial charge in [0.25, 0.3) is 6.47 Å². The van der Waals surface area contributed by atoms with Crippen molar-refractivity contribution < 1.29 is 24.5 Å². The first-order valence-corrected chi connectivity index (χ1v) is 2.73. The van der Waals surface area contributed by atoms with Gasteiger partial charge in [0.15, 0.2) is 5.76 Å². The lowest BCUT2D eigenvalue weighted by molar-refractivity contribution is -0.141. The highest BCUT2D eigenvalue weighted by molar-refractivity contribution is 5.84. The molecule has 5 heteroatoms. The molecule has 64 valence electrons. The molecule has 0 bridgehead atoms. The van der Waals surface area contributed by atoms with Crippen molar-refractivity contribution in [1.29, 1.82) is 0 Å². The summed E-state index contributed by atoms with van der Waals surface area (Å²) in [6, 6.07) is 0. The third-order valence-electron chi connectivity index (χ3n) is 0.511. The zero-order valence-electron chi connectivity index (χ0n) is 6.11. The van der Waals surface area contributed by atoms with Crippen molar-refractivity contribution in [2.24, 2.45) is 0 Å². The minimum atomic E-state index is -0.757. The van der Waals surface area contributed by atoms with E-state index in [1.54, 1.807) is 6.92 Å². The van der Waals surface area contributed by atoms with Crippen LogP contribution >= 0.6 is 0 Å². The van der Waals surface area contributed by atoms with Gasteiger partial charge in [-0.1, -0.05) is 0 Å². The molecule has 0 unspecified atom stereocenters. The van der Waals surface area contributed by atoms with Crippen LogP contribution in [0.5, 0.6) is 0 Å². The summed E-state index contributed by atoms with van der Waals surface area (Å²) in [5.74, 6) is -1.31. The molecule has 0 saturated carbocycles. The zero-order valence-corrected chi connectivity index (χ0v) is 6.11. The predicted molar refractivity (Wildman–Crippen MR) is 37.1 cm³/mol. The third-order valence-corrected chi connectivity index (χ3v) is 0.511. The van der Waals surface area contributed by atoms with Gasteiger partial charge >= 0.3 is 5.97 Å². The van der Waals surface area contributed by atoms with Gasteiger partial charge in [0.1, 0.15) is 0 Å². The van der Waals surface area contributed by atoms with Crippen molar-refractivity contribution >= 4 is 12.4 Å². The number of carbonyl (C=O) groups excluding carboxylic acids is 1. The SMILES string of the molecule is C=C(O)C(=O)OCC.O=CO. The Hall–Kier alpha value is -1.52. The number of aliphatic hydroxyl groups is 1. The molecule has 0 fully saturated rings. The van der Waals surface area contributed by atoms with Crippen LogP contribution in [0, 0.1) is 0 Å². The minimum Gasteiger partial charge on any atom is -0.502 e. The topological polar surface area (TPSA) is 83.8 Å². The maximum absolute atomic E-state index is 10.2. The molecule has 0 aliphatic carbocycles. The number of carbonyl (C=O) groups is 2. The molecule has 0 saturated heterocycles. The van der Waals surface area contributed by atoms with Crippen LogP contribution in [0.3, 0.4) is 0 Å². The molecule has 5 nitrogen and oxygen atoms in total. The Morgan fingerprint density at radius 2 is 2.09 bits per heavy atom. The van der Waals surface area contributed by atoms with Crippen molar-refractivity contribution in [1.82, 2.24) is 0 Å². The van der Waals surface area contributed by atoms with Gasteiger partial charge in [-0.05, 0) is 13.5 Å². The number of hydrogen-bond acceptors (Lipinski definition) is 4. The molecule has 0 heterocycles. The number of ether oxygens (including phenoxy) is 1. The van der Waals surface area contributed by atoms with E-state index in [2.05, 4.69) is 11.3 Å². The molecule has 0 aromatic heterocycles. The summed E-state index contributed by atoms with van der Waals surface area (Å²) in [6.45, 7) is 4.62. The van der Waals surface area contributed by atoms with Gasteiger partial charge in [0.05, 0.1) is 6.61 Å². The van der Waals surface area contributed by atoms with Gasteiger partial charge in [-0.3, -0.25) is 4.79 Å². The highest BCUT2D eigenvalue weighted by Crippen LogP contribution is 1.85. The van der Waals surface area contributed by atoms with Crippen LogP contribution in [0.15, 0.2) is 12.3 Å². The first-order valence-electron chi connectivity index (χ1n) is 2.73. The summed E-state index contributed by atoms with van der Waals surface area (Å²) < 4.78 is 4.31. The first kappa shape index (κ1) is 12.2. The molecule has 0 aromatic rings. The van der Waals surface area contributed by atoms with Crippen LogP contribution in [0.4, 0.5) is 0 Å². The Kier molecular flexibility index (Phi) is 9.39. The normalized spacial score (nSPS) is 7.00. The van der Waals surface area contributed by atoms with Crippen molar-refractivity contribution in [3.63, 3.8) is 0 Å². The highest BCUT2D eigenvalue weighted by atomic mass is 16.5. The largest absolute Gasteiger partial charge is 0.502 e. The van der Waals surface area contributed by atoms with Gasteiger partial charge in [-0.2, -0.15) is 0 Å². The number of hydrogen-bond donors (Lipinski definition) is 2. The lowest BCUT2D eigenvalue weighted by Gasteiger charge is -1.95. The Morgan fingerprint density at radius 1 is 1.73 bits per heavy atom. The molecule has 2 N–H and O–H groups in total. The Labute approximate surface area is 63.9 Å². The predicted octanol–water partition coefficient (Wildman–Crippen LogP) is 0.322. The van der Waals surface area contributed by atoms with Crippen LogP contribution in [0.1, 0.15) is 6.92 Å². The smallest absolute Gasteiger partial charge is 0.372 e. The number of rotatable bonds is 2. The summed E-state index contributed by atoms with van der Waals surface area (Å²) in [5, 5.41) is 15.2. The third kappa shape index (κ3) is 11.9. The van der Waals surface area contributed by atoms with Crippen molar-refractivity contribution in [3.8, 4) is 0 Å². The second kappa shape index (κ2) is 8.48. The van der Waals surface area contributed by atoms with E-state index in [1.165, 1.54) is 0 Å². The van der Waals surface area contributed by atoms with E-state index in [1.807, 2.05) is 0 Å². The number of carboxylic acid groups (broad SMARTS) is 1. The zero-order chi connectivity index (χ0) is 9.28. The fourth-order valence-electron chi connectivity index (χ4n) is 0.214. The molecule has 0 amide bonds. The second-order valence-corrected chi connectivity index (χ2v) is 1.27. The molecule has 0 radical (unpaired) electrons. The molecular formula is C6H10O5. The van der Waals surface area contributed by atoms with E-state index in [-0.39, 0.29) is 13.1 Å². The summed E-state index contributed by atoms with van der Waals surface area (Å²) in [5.41, 5.74) is 0. The lowest BCUT2D eigenvalue weighted by Crippen LogP contribution is -2.05. The quantitative estimate of drug-likeness (QED) is 0.264. The number of aliphatic hydroxyl groups excluding tert-OH is 1. The molecule has 0 aliphatic heterocycles. The molecule has 0 rings (SSSR count). The molecule has 0 aromatic carbocycles. The number of esters is 1. The summed E-state index contributed by atoms with van der Waals surface area (Å²) in [4.78, 5) is 18.5. The Morgan fingerprint density at radius 3 is 2.18 bits per heavy atom. The fraction of sp³-hybridized carbons (Fsp3) is 0.333. The van der Waals surface area contributed by atoms with E-state index in [0.717, 1.165) is 0 Å². The van der Waals surface area contributed by atoms with Crippen molar-refractivity contribution in [2.45, 2.75) is 6.92 Å². The van der Waals surface area contributed by atoms with E-state index < -0.39 is 11.7 Å². The molecule has 0 spiro atoms. The maximum Gasteiger partial charge on any atom is 0.372 e. The summed E-state index contributed by atoms with van der Waals surface area (Å²) in [7, 11) is 0. The molecule has 0 atom stereocenters. The van der Waals surface area contributed by atoms with E-state index in [0.29, 0.717) is 0 Å². The highest BCUT2D eigenvalue weighted by Gasteiger charge is 2.01. The average molecular weight is 162 g/mol. The molecular weight excluding hydrogens is 152 g/mol. The van der Waals surface area contributed by atoms with Crippen LogP contribution in [0.2, 0.25) is 0 Å². The monoisotopic (exact) mass is 162 g/mol. The van der Waals surface area contributed by atoms with Crippen molar-refractivity contribution in [3.05, 3.63) is 12.3 Å². The maximum atomic E-state index is 10.2. The van der Waals surface area contributed by atoms with Crippen LogP contribution < -0.4 is 0 Å². The lowest BCUT2D eigenvalue weighted by atomic mass is 10.6. The van der Waals surface area contributed by atoms with Crippen LogP contribution in [-0.4, -0.2) is 29.3 Å². The fourth-order valence-corrected chi connectivity index (χ4v) is 0.214. The Balaban J connectivity index is 0. The summed E-state index contributed by atoms with van der Waals surface area (Å²) >= 11 is 0. The van der Waals surface area contributed by atoms with Gasteiger partial charge in [-0.15, -0.1) is 0 Å². The minimum absolute atomic E-state index is 0.250. The standard InChI is InChI=1S/C5H8O3.CH2O2/c1-3-8-5(7)4(2)6;2-1-3/h6H,2-3H2,1H3;1H,(H,2,3). The van der Waals surface area contributed by atoms with E-state index >= 15 is 0 Å². The van der Waals surface area contributed by atoms with Gasteiger partial charge < -0.3 is 14.9 Å². The molecule has 0 aliphatic rings. The average Bonchev–Trinajstić information content (AvgIpc) is 1.90. The molecule has 11 heavy (non-hydrogen) atoms. The van der Waals surface area contributed by atoms with Crippen LogP contribution in [0.25, 0.3) is 0 Å². The van der Waals surface area contributed by atoms with Gasteiger partial charge in [0, 0.05) is 0 Å². The summed E-state index contributed by atoms with van der Waals surface area (Å²) in [6.07, 6.45) is 0. The first-order chi connectivity index (χ1) is 5.09. The van der Waals surface area contributed by atoms with Crippen LogP contribution in [-0.2, 0) is 14.3 Å². The van der Waals surface area contributed by atoms with E-state index in [9.17, 15) is 4.79 Å². The van der Waals surface area contributed by atoms with E-state index in [4.69, 9.17) is 15.0 Å².